The second kappa shape index (κ2) is 8.00. The Bertz CT molecular complexity index is 1160. The molecule has 3 aromatic carbocycles. The van der Waals surface area contributed by atoms with Crippen LogP contribution in [0.15, 0.2) is 66.0 Å². The van der Waals surface area contributed by atoms with Crippen LogP contribution >= 0.6 is 22.9 Å². The van der Waals surface area contributed by atoms with Gasteiger partial charge in [-0.15, -0.1) is 11.3 Å². The molecular formula is C22H17ClN2O2S. The van der Waals surface area contributed by atoms with Crippen molar-refractivity contribution in [3.8, 4) is 17.0 Å². The number of rotatable bonds is 5. The molecule has 0 bridgehead atoms. The van der Waals surface area contributed by atoms with Gasteiger partial charge in [-0.3, -0.25) is 10.1 Å². The van der Waals surface area contributed by atoms with E-state index >= 15 is 0 Å². The van der Waals surface area contributed by atoms with Gasteiger partial charge in [0.2, 0.25) is 0 Å². The summed E-state index contributed by atoms with van der Waals surface area (Å²) >= 11 is 7.32. The summed E-state index contributed by atoms with van der Waals surface area (Å²) < 4.78 is 5.57. The predicted octanol–water partition coefficient (Wildman–Crippen LogP) is 5.94. The molecule has 0 aliphatic rings. The number of anilines is 1. The number of ether oxygens (including phenoxy) is 1. The van der Waals surface area contributed by atoms with E-state index in [1.54, 1.807) is 18.2 Å². The smallest absolute Gasteiger partial charge is 0.264 e. The molecule has 140 valence electrons. The molecule has 1 heterocycles. The lowest BCUT2D eigenvalue weighted by molar-refractivity contribution is -0.118. The lowest BCUT2D eigenvalue weighted by Crippen LogP contribution is -2.20. The van der Waals surface area contributed by atoms with E-state index in [0.717, 1.165) is 22.2 Å². The van der Waals surface area contributed by atoms with E-state index < -0.39 is 0 Å². The zero-order chi connectivity index (χ0) is 19.5. The van der Waals surface area contributed by atoms with Crippen LogP contribution in [0.1, 0.15) is 5.56 Å². The summed E-state index contributed by atoms with van der Waals surface area (Å²) in [4.78, 5) is 16.7. The molecule has 4 rings (SSSR count). The number of fused-ring (bicyclic) bond motifs is 1. The molecule has 0 atom stereocenters. The fourth-order valence-electron chi connectivity index (χ4n) is 2.89. The van der Waals surface area contributed by atoms with E-state index in [2.05, 4.69) is 34.6 Å². The molecule has 0 aliphatic heterocycles. The molecule has 1 amide bonds. The molecule has 1 N–H and O–H groups in total. The minimum atomic E-state index is -0.256. The van der Waals surface area contributed by atoms with Gasteiger partial charge in [0.25, 0.3) is 5.91 Å². The first-order chi connectivity index (χ1) is 13.6. The number of amides is 1. The first-order valence-electron chi connectivity index (χ1n) is 8.72. The van der Waals surface area contributed by atoms with E-state index in [9.17, 15) is 4.79 Å². The van der Waals surface area contributed by atoms with Gasteiger partial charge in [0.05, 0.1) is 5.69 Å². The normalized spacial score (nSPS) is 10.8. The van der Waals surface area contributed by atoms with E-state index in [1.807, 2.05) is 30.5 Å². The first kappa shape index (κ1) is 18.5. The highest BCUT2D eigenvalue weighted by Gasteiger charge is 2.10. The summed E-state index contributed by atoms with van der Waals surface area (Å²) in [5.41, 5.74) is 2.73. The van der Waals surface area contributed by atoms with Crippen molar-refractivity contribution in [2.45, 2.75) is 6.92 Å². The predicted molar refractivity (Wildman–Crippen MR) is 115 cm³/mol. The maximum atomic E-state index is 12.2. The highest BCUT2D eigenvalue weighted by molar-refractivity contribution is 7.14. The van der Waals surface area contributed by atoms with Crippen molar-refractivity contribution in [3.05, 3.63) is 76.6 Å². The van der Waals surface area contributed by atoms with Crippen LogP contribution in [0.4, 0.5) is 5.13 Å². The Morgan fingerprint density at radius 3 is 2.75 bits per heavy atom. The number of hydrogen-bond acceptors (Lipinski definition) is 4. The fraction of sp³-hybridized carbons (Fsp3) is 0.0909. The number of thiazole rings is 1. The third-order valence-corrected chi connectivity index (χ3v) is 5.28. The maximum Gasteiger partial charge on any atom is 0.264 e. The van der Waals surface area contributed by atoms with Gasteiger partial charge < -0.3 is 4.74 Å². The van der Waals surface area contributed by atoms with Crippen LogP contribution < -0.4 is 10.1 Å². The Kier molecular flexibility index (Phi) is 5.28. The summed E-state index contributed by atoms with van der Waals surface area (Å²) in [7, 11) is 0. The zero-order valence-corrected chi connectivity index (χ0v) is 16.7. The molecule has 4 nitrogen and oxygen atoms in total. The Morgan fingerprint density at radius 1 is 1.11 bits per heavy atom. The number of aryl methyl sites for hydroxylation is 1. The number of halogens is 1. The molecule has 0 saturated heterocycles. The van der Waals surface area contributed by atoms with Crippen molar-refractivity contribution in [1.29, 1.82) is 0 Å². The molecule has 0 radical (unpaired) electrons. The van der Waals surface area contributed by atoms with Gasteiger partial charge in [0, 0.05) is 16.0 Å². The number of nitrogens with zero attached hydrogens (tertiary/aromatic N) is 1. The molecular weight excluding hydrogens is 392 g/mol. The standard InChI is InChI=1S/C22H17ClN2O2S/c1-14-10-18(23)8-9-20(14)27-12-21(26)25-22-24-19(13-28-22)17-7-6-15-4-2-3-5-16(15)11-17/h2-11,13H,12H2,1H3,(H,24,25,26). The van der Waals surface area contributed by atoms with Crippen LogP contribution in [0.2, 0.25) is 5.02 Å². The molecule has 6 heteroatoms. The Hall–Kier alpha value is -2.89. The third kappa shape index (κ3) is 4.16. The summed E-state index contributed by atoms with van der Waals surface area (Å²) in [5.74, 6) is 0.379. The van der Waals surface area contributed by atoms with Crippen LogP contribution in [0.25, 0.3) is 22.0 Å². The highest BCUT2D eigenvalue weighted by Crippen LogP contribution is 2.28. The van der Waals surface area contributed by atoms with Crippen LogP contribution in [-0.2, 0) is 4.79 Å². The quantitative estimate of drug-likeness (QED) is 0.444. The summed E-state index contributed by atoms with van der Waals surface area (Å²) in [6.45, 7) is 1.79. The van der Waals surface area contributed by atoms with Crippen molar-refractivity contribution >= 4 is 44.7 Å². The maximum absolute atomic E-state index is 12.2. The number of nitrogens with one attached hydrogen (secondary N) is 1. The van der Waals surface area contributed by atoms with Gasteiger partial charge in [0.15, 0.2) is 11.7 Å². The Balaban J connectivity index is 1.41. The summed E-state index contributed by atoms with van der Waals surface area (Å²) in [6, 6.07) is 19.7. The van der Waals surface area contributed by atoms with Crippen molar-refractivity contribution in [1.82, 2.24) is 4.98 Å². The van der Waals surface area contributed by atoms with Gasteiger partial charge >= 0.3 is 0 Å². The molecule has 0 saturated carbocycles. The van der Waals surface area contributed by atoms with Crippen LogP contribution in [0, 0.1) is 6.92 Å². The lowest BCUT2D eigenvalue weighted by atomic mass is 10.1. The first-order valence-corrected chi connectivity index (χ1v) is 9.98. The SMILES string of the molecule is Cc1cc(Cl)ccc1OCC(=O)Nc1nc(-c2ccc3ccccc3c2)cs1. The Labute approximate surface area is 171 Å². The second-order valence-corrected chi connectivity index (χ2v) is 7.64. The van der Waals surface area contributed by atoms with Crippen LogP contribution in [0.5, 0.6) is 5.75 Å². The van der Waals surface area contributed by atoms with Crippen molar-refractivity contribution < 1.29 is 9.53 Å². The molecule has 0 fully saturated rings. The molecule has 28 heavy (non-hydrogen) atoms. The fourth-order valence-corrected chi connectivity index (χ4v) is 3.85. The lowest BCUT2D eigenvalue weighted by Gasteiger charge is -2.08. The summed E-state index contributed by atoms with van der Waals surface area (Å²) in [6.07, 6.45) is 0. The second-order valence-electron chi connectivity index (χ2n) is 6.35. The van der Waals surface area contributed by atoms with Crippen LogP contribution in [-0.4, -0.2) is 17.5 Å². The van der Waals surface area contributed by atoms with E-state index in [4.69, 9.17) is 16.3 Å². The Morgan fingerprint density at radius 2 is 1.93 bits per heavy atom. The topological polar surface area (TPSA) is 51.2 Å². The zero-order valence-electron chi connectivity index (χ0n) is 15.1. The number of benzene rings is 3. The molecule has 1 aromatic heterocycles. The van der Waals surface area contributed by atoms with Gasteiger partial charge in [-0.1, -0.05) is 48.0 Å². The van der Waals surface area contributed by atoms with Gasteiger partial charge in [-0.05, 0) is 47.5 Å². The van der Waals surface area contributed by atoms with Crippen LogP contribution in [0.3, 0.4) is 0 Å². The third-order valence-electron chi connectivity index (χ3n) is 4.29. The van der Waals surface area contributed by atoms with E-state index in [0.29, 0.717) is 15.9 Å². The van der Waals surface area contributed by atoms with Crippen molar-refractivity contribution in [2.24, 2.45) is 0 Å². The minimum Gasteiger partial charge on any atom is -0.483 e. The number of carbonyl (C=O) groups excluding carboxylic acids is 1. The molecule has 0 spiro atoms. The number of aromatic nitrogens is 1. The monoisotopic (exact) mass is 408 g/mol. The van der Waals surface area contributed by atoms with Gasteiger partial charge in [0.1, 0.15) is 5.75 Å². The van der Waals surface area contributed by atoms with Gasteiger partial charge in [-0.2, -0.15) is 0 Å². The summed E-state index contributed by atoms with van der Waals surface area (Å²) in [5, 5.41) is 8.25. The van der Waals surface area contributed by atoms with E-state index in [-0.39, 0.29) is 12.5 Å². The average Bonchev–Trinajstić information content (AvgIpc) is 3.15. The number of carbonyl (C=O) groups is 1. The largest absolute Gasteiger partial charge is 0.483 e. The molecule has 4 aromatic rings. The van der Waals surface area contributed by atoms with Gasteiger partial charge in [-0.25, -0.2) is 4.98 Å². The minimum absolute atomic E-state index is 0.0899. The average molecular weight is 409 g/mol. The number of hydrogen-bond donors (Lipinski definition) is 1. The highest BCUT2D eigenvalue weighted by atomic mass is 35.5. The molecule has 0 aliphatic carbocycles. The molecule has 0 unspecified atom stereocenters. The van der Waals surface area contributed by atoms with Crippen molar-refractivity contribution in [3.63, 3.8) is 0 Å². The van der Waals surface area contributed by atoms with E-state index in [1.165, 1.54) is 16.7 Å². The van der Waals surface area contributed by atoms with Crippen molar-refractivity contribution in [2.75, 3.05) is 11.9 Å².